The Morgan fingerprint density at radius 1 is 1.00 bits per heavy atom. The molecule has 2 aromatic rings. The number of hydrogen-bond acceptors (Lipinski definition) is 5. The SMILES string of the molecule is CCN1C(=C2SC(=Nc3ccccc3C)N(C3CCCCC3)C2=O)Sc2ccccc21. The smallest absolute Gasteiger partial charge is 0.269 e. The lowest BCUT2D eigenvalue weighted by atomic mass is 9.94. The number of rotatable bonds is 3. The van der Waals surface area contributed by atoms with Crippen molar-refractivity contribution >= 4 is 46.0 Å². The summed E-state index contributed by atoms with van der Waals surface area (Å²) in [5.74, 6) is 0.123. The maximum Gasteiger partial charge on any atom is 0.269 e. The van der Waals surface area contributed by atoms with Gasteiger partial charge in [0.05, 0.1) is 11.4 Å². The summed E-state index contributed by atoms with van der Waals surface area (Å²) in [4.78, 5) is 25.1. The number of aryl methyl sites for hydroxylation is 1. The van der Waals surface area contributed by atoms with Gasteiger partial charge >= 0.3 is 0 Å². The van der Waals surface area contributed by atoms with Crippen LogP contribution < -0.4 is 4.90 Å². The monoisotopic (exact) mass is 449 g/mol. The number of nitrogens with zero attached hydrogens (tertiary/aromatic N) is 3. The molecule has 1 saturated heterocycles. The van der Waals surface area contributed by atoms with Crippen molar-refractivity contribution in [3.05, 3.63) is 64.0 Å². The van der Waals surface area contributed by atoms with E-state index in [1.807, 2.05) is 23.1 Å². The first-order valence-electron chi connectivity index (χ1n) is 11.1. The van der Waals surface area contributed by atoms with Crippen molar-refractivity contribution in [1.82, 2.24) is 4.90 Å². The highest BCUT2D eigenvalue weighted by molar-refractivity contribution is 8.19. The number of amidine groups is 1. The highest BCUT2D eigenvalue weighted by Crippen LogP contribution is 2.51. The molecule has 1 amide bonds. The zero-order valence-electron chi connectivity index (χ0n) is 18.0. The molecule has 160 valence electrons. The van der Waals surface area contributed by atoms with Gasteiger partial charge in [0.15, 0.2) is 5.17 Å². The Hall–Kier alpha value is -2.18. The molecule has 0 atom stereocenters. The molecule has 1 saturated carbocycles. The van der Waals surface area contributed by atoms with Gasteiger partial charge < -0.3 is 4.90 Å². The Morgan fingerprint density at radius 2 is 1.74 bits per heavy atom. The van der Waals surface area contributed by atoms with Gasteiger partial charge in [-0.2, -0.15) is 0 Å². The molecule has 1 aliphatic carbocycles. The summed E-state index contributed by atoms with van der Waals surface area (Å²) < 4.78 is 0. The van der Waals surface area contributed by atoms with Gasteiger partial charge in [-0.3, -0.25) is 9.69 Å². The Kier molecular flexibility index (Phi) is 5.85. The molecule has 0 bridgehead atoms. The molecule has 2 fully saturated rings. The molecule has 2 aliphatic heterocycles. The van der Waals surface area contributed by atoms with Crippen LogP contribution in [0.15, 0.2) is 68.4 Å². The molecule has 0 unspecified atom stereocenters. The third-order valence-corrected chi connectivity index (χ3v) is 8.56. The second kappa shape index (κ2) is 8.75. The van der Waals surface area contributed by atoms with E-state index >= 15 is 0 Å². The van der Waals surface area contributed by atoms with Crippen molar-refractivity contribution < 1.29 is 4.79 Å². The van der Waals surface area contributed by atoms with Gasteiger partial charge in [-0.05, 0) is 62.2 Å². The second-order valence-electron chi connectivity index (χ2n) is 8.20. The van der Waals surface area contributed by atoms with E-state index < -0.39 is 0 Å². The number of hydrogen-bond donors (Lipinski definition) is 0. The van der Waals surface area contributed by atoms with Crippen LogP contribution in [0.2, 0.25) is 0 Å². The molecule has 31 heavy (non-hydrogen) atoms. The minimum Gasteiger partial charge on any atom is -0.334 e. The molecule has 0 N–H and O–H groups in total. The molecule has 0 spiro atoms. The van der Waals surface area contributed by atoms with E-state index in [2.05, 4.69) is 49.1 Å². The average molecular weight is 450 g/mol. The van der Waals surface area contributed by atoms with Crippen molar-refractivity contribution in [1.29, 1.82) is 0 Å². The first kappa shape index (κ1) is 20.7. The van der Waals surface area contributed by atoms with Gasteiger partial charge in [-0.1, -0.05) is 61.4 Å². The molecular formula is C25H27N3OS2. The fourth-order valence-electron chi connectivity index (χ4n) is 4.56. The molecule has 4 nitrogen and oxygen atoms in total. The summed E-state index contributed by atoms with van der Waals surface area (Å²) in [5.41, 5.74) is 3.27. The molecule has 0 radical (unpaired) electrons. The maximum absolute atomic E-state index is 13.8. The Balaban J connectivity index is 1.58. The van der Waals surface area contributed by atoms with E-state index in [0.717, 1.165) is 45.7 Å². The third-order valence-electron chi connectivity index (χ3n) is 6.20. The zero-order valence-corrected chi connectivity index (χ0v) is 19.6. The maximum atomic E-state index is 13.8. The van der Waals surface area contributed by atoms with E-state index in [0.29, 0.717) is 0 Å². The molecule has 3 aliphatic rings. The van der Waals surface area contributed by atoms with Crippen molar-refractivity contribution in [2.45, 2.75) is 56.9 Å². The summed E-state index contributed by atoms with van der Waals surface area (Å²) >= 11 is 3.27. The molecule has 2 heterocycles. The Bertz CT molecular complexity index is 1070. The molecule has 6 heteroatoms. The lowest BCUT2D eigenvalue weighted by molar-refractivity contribution is -0.124. The summed E-state index contributed by atoms with van der Waals surface area (Å²) in [5, 5.41) is 1.89. The van der Waals surface area contributed by atoms with Gasteiger partial charge in [0, 0.05) is 17.5 Å². The highest BCUT2D eigenvalue weighted by Gasteiger charge is 2.42. The van der Waals surface area contributed by atoms with Crippen LogP contribution in [-0.4, -0.2) is 28.6 Å². The summed E-state index contributed by atoms with van der Waals surface area (Å²) in [6.45, 7) is 5.06. The molecule has 2 aromatic carbocycles. The van der Waals surface area contributed by atoms with Crippen molar-refractivity contribution in [3.63, 3.8) is 0 Å². The van der Waals surface area contributed by atoms with Crippen LogP contribution in [0.1, 0.15) is 44.6 Å². The van der Waals surface area contributed by atoms with Crippen LogP contribution in [0.5, 0.6) is 0 Å². The topological polar surface area (TPSA) is 35.9 Å². The van der Waals surface area contributed by atoms with E-state index in [-0.39, 0.29) is 11.9 Å². The van der Waals surface area contributed by atoms with Crippen molar-refractivity contribution in [3.8, 4) is 0 Å². The van der Waals surface area contributed by atoms with Gasteiger partial charge in [0.2, 0.25) is 0 Å². The fourth-order valence-corrected chi connectivity index (χ4v) is 7.01. The number of fused-ring (bicyclic) bond motifs is 1. The predicted molar refractivity (Wildman–Crippen MR) is 132 cm³/mol. The van der Waals surface area contributed by atoms with Crippen LogP contribution >= 0.6 is 23.5 Å². The third kappa shape index (κ3) is 3.80. The number of benzene rings is 2. The van der Waals surface area contributed by atoms with Crippen LogP contribution in [-0.2, 0) is 4.79 Å². The zero-order chi connectivity index (χ0) is 21.4. The number of carbonyl (C=O) groups is 1. The highest BCUT2D eigenvalue weighted by atomic mass is 32.2. The van der Waals surface area contributed by atoms with Crippen molar-refractivity contribution in [2.24, 2.45) is 4.99 Å². The largest absolute Gasteiger partial charge is 0.334 e. The van der Waals surface area contributed by atoms with E-state index in [9.17, 15) is 4.79 Å². The van der Waals surface area contributed by atoms with Gasteiger partial charge in [-0.15, -0.1) is 0 Å². The van der Waals surface area contributed by atoms with E-state index in [4.69, 9.17) is 4.99 Å². The van der Waals surface area contributed by atoms with Crippen molar-refractivity contribution in [2.75, 3.05) is 11.4 Å². The van der Waals surface area contributed by atoms with Gasteiger partial charge in [0.1, 0.15) is 9.93 Å². The number of carbonyl (C=O) groups excluding carboxylic acids is 1. The van der Waals surface area contributed by atoms with Gasteiger partial charge in [-0.25, -0.2) is 4.99 Å². The minimum atomic E-state index is 0.123. The van der Waals surface area contributed by atoms with Gasteiger partial charge in [0.25, 0.3) is 5.91 Å². The number of thioether (sulfide) groups is 2. The van der Waals surface area contributed by atoms with Crippen LogP contribution in [0.25, 0.3) is 0 Å². The average Bonchev–Trinajstić information content (AvgIpc) is 3.32. The normalized spacial score (nSPS) is 23.2. The first-order valence-corrected chi connectivity index (χ1v) is 12.7. The lowest BCUT2D eigenvalue weighted by Crippen LogP contribution is -2.40. The second-order valence-corrected chi connectivity index (χ2v) is 10.2. The van der Waals surface area contributed by atoms with E-state index in [1.54, 1.807) is 23.5 Å². The van der Waals surface area contributed by atoms with Crippen LogP contribution in [0.3, 0.4) is 0 Å². The molecular weight excluding hydrogens is 422 g/mol. The summed E-state index contributed by atoms with van der Waals surface area (Å²) in [6, 6.07) is 16.8. The molecule has 0 aromatic heterocycles. The molecule has 5 rings (SSSR count). The summed E-state index contributed by atoms with van der Waals surface area (Å²) in [7, 11) is 0. The standard InChI is InChI=1S/C25H27N3OS2/c1-3-27-20-15-9-10-16-21(20)30-24(27)22-23(29)28(18-12-5-4-6-13-18)25(31-22)26-19-14-8-7-11-17(19)2/h7-11,14-16,18H,3-6,12-13H2,1-2H3. The Morgan fingerprint density at radius 3 is 2.52 bits per heavy atom. The predicted octanol–water partition coefficient (Wildman–Crippen LogP) is 6.69. The first-order chi connectivity index (χ1) is 15.2. The fraction of sp³-hybridized carbons (Fsp3) is 0.360. The number of anilines is 1. The lowest BCUT2D eigenvalue weighted by Gasteiger charge is -2.30. The number of aliphatic imine (C=N–C) groups is 1. The Labute approximate surface area is 192 Å². The number of amides is 1. The summed E-state index contributed by atoms with van der Waals surface area (Å²) in [6.07, 6.45) is 5.76. The minimum absolute atomic E-state index is 0.123. The van der Waals surface area contributed by atoms with E-state index in [1.165, 1.54) is 29.8 Å². The van der Waals surface area contributed by atoms with Crippen LogP contribution in [0, 0.1) is 6.92 Å². The quantitative estimate of drug-likeness (QED) is 0.489. The van der Waals surface area contributed by atoms with Crippen LogP contribution in [0.4, 0.5) is 11.4 Å². The number of para-hydroxylation sites is 2.